The Kier molecular flexibility index (Phi) is 4.75. The lowest BCUT2D eigenvalue weighted by Gasteiger charge is -2.13. The number of rotatable bonds is 5. The molecule has 3 rings (SSSR count). The lowest BCUT2D eigenvalue weighted by atomic mass is 10.1. The third-order valence-electron chi connectivity index (χ3n) is 3.88. The fourth-order valence-corrected chi connectivity index (χ4v) is 3.44. The maximum Gasteiger partial charge on any atom is 0.222 e. The zero-order chi connectivity index (χ0) is 18.9. The van der Waals surface area contributed by atoms with Crippen molar-refractivity contribution in [1.29, 1.82) is 0 Å². The second-order valence-electron chi connectivity index (χ2n) is 6.06. The number of pyridine rings is 2. The quantitative estimate of drug-likeness (QED) is 0.735. The molecule has 9 heteroatoms. The highest BCUT2D eigenvalue weighted by molar-refractivity contribution is 7.88. The number of sulfonamides is 1. The number of carbonyl (C=O) groups excluding carboxylic acids is 1. The minimum atomic E-state index is -3.42. The van der Waals surface area contributed by atoms with Crippen molar-refractivity contribution in [2.45, 2.75) is 12.7 Å². The Morgan fingerprint density at radius 3 is 2.65 bits per heavy atom. The van der Waals surface area contributed by atoms with Gasteiger partial charge < -0.3 is 5.32 Å². The minimum Gasteiger partial charge on any atom is -0.311 e. The minimum absolute atomic E-state index is 0.132. The number of nitrogens with zero attached hydrogens (tertiary/aromatic N) is 4. The molecule has 26 heavy (non-hydrogen) atoms. The monoisotopic (exact) mass is 373 g/mol. The number of fused-ring (bicyclic) bond motifs is 1. The number of carbonyl (C=O) groups is 1. The van der Waals surface area contributed by atoms with Crippen LogP contribution in [0.1, 0.15) is 12.5 Å². The van der Waals surface area contributed by atoms with Crippen LogP contribution in [0, 0.1) is 0 Å². The van der Waals surface area contributed by atoms with E-state index in [1.165, 1.54) is 25.3 Å². The molecule has 0 aliphatic rings. The van der Waals surface area contributed by atoms with Gasteiger partial charge in [0.25, 0.3) is 0 Å². The average Bonchev–Trinajstić information content (AvgIpc) is 3.03. The van der Waals surface area contributed by atoms with Crippen molar-refractivity contribution >= 4 is 27.3 Å². The summed E-state index contributed by atoms with van der Waals surface area (Å²) in [6.45, 7) is 1.41. The standard InChI is InChI=1S/C17H19N5O3S/c1-12(23)20-17-9-13(4-6-18-17)14-8-15(11-26(24,25)21(2)3)16-5-7-19-22(16)10-14/h4-10H,11H2,1-3H3,(H,18,20,23). The van der Waals surface area contributed by atoms with E-state index in [1.807, 2.05) is 12.3 Å². The number of anilines is 1. The van der Waals surface area contributed by atoms with Crippen molar-refractivity contribution in [3.8, 4) is 11.1 Å². The molecule has 1 amide bonds. The van der Waals surface area contributed by atoms with E-state index in [9.17, 15) is 13.2 Å². The molecule has 0 saturated carbocycles. The number of amides is 1. The largest absolute Gasteiger partial charge is 0.311 e. The van der Waals surface area contributed by atoms with Crippen molar-refractivity contribution in [3.05, 3.63) is 48.4 Å². The van der Waals surface area contributed by atoms with Gasteiger partial charge >= 0.3 is 0 Å². The first-order chi connectivity index (χ1) is 12.3. The van der Waals surface area contributed by atoms with Gasteiger partial charge in [-0.3, -0.25) is 4.79 Å². The molecule has 0 atom stereocenters. The summed E-state index contributed by atoms with van der Waals surface area (Å²) < 4.78 is 27.5. The van der Waals surface area contributed by atoms with Crippen LogP contribution in [0.25, 0.3) is 16.6 Å². The van der Waals surface area contributed by atoms with Crippen LogP contribution in [0.15, 0.2) is 42.9 Å². The summed E-state index contributed by atoms with van der Waals surface area (Å²) in [6, 6.07) is 7.13. The van der Waals surface area contributed by atoms with E-state index in [1.54, 1.807) is 35.1 Å². The summed E-state index contributed by atoms with van der Waals surface area (Å²) in [6.07, 6.45) is 5.03. The Morgan fingerprint density at radius 2 is 1.96 bits per heavy atom. The summed E-state index contributed by atoms with van der Waals surface area (Å²) in [7, 11) is -0.402. The molecule has 0 radical (unpaired) electrons. The van der Waals surface area contributed by atoms with E-state index in [-0.39, 0.29) is 11.7 Å². The van der Waals surface area contributed by atoms with Crippen molar-refractivity contribution in [3.63, 3.8) is 0 Å². The van der Waals surface area contributed by atoms with Gasteiger partial charge in [-0.15, -0.1) is 0 Å². The van der Waals surface area contributed by atoms with Crippen LogP contribution >= 0.6 is 0 Å². The predicted molar refractivity (Wildman–Crippen MR) is 99.0 cm³/mol. The molecule has 0 spiro atoms. The zero-order valence-electron chi connectivity index (χ0n) is 14.7. The molecular weight excluding hydrogens is 354 g/mol. The molecule has 0 bridgehead atoms. The Bertz CT molecular complexity index is 1070. The topological polar surface area (TPSA) is 96.7 Å². The van der Waals surface area contributed by atoms with Gasteiger partial charge in [0, 0.05) is 45.2 Å². The maximum atomic E-state index is 12.3. The van der Waals surface area contributed by atoms with Crippen LogP contribution < -0.4 is 5.32 Å². The first-order valence-electron chi connectivity index (χ1n) is 7.87. The molecule has 0 unspecified atom stereocenters. The highest BCUT2D eigenvalue weighted by atomic mass is 32.2. The molecule has 3 aromatic heterocycles. The molecule has 3 aromatic rings. The van der Waals surface area contributed by atoms with Crippen molar-refractivity contribution < 1.29 is 13.2 Å². The molecule has 1 N–H and O–H groups in total. The van der Waals surface area contributed by atoms with Gasteiger partial charge in [0.2, 0.25) is 15.9 Å². The van der Waals surface area contributed by atoms with E-state index in [0.717, 1.165) is 16.6 Å². The van der Waals surface area contributed by atoms with Gasteiger partial charge in [0.1, 0.15) is 5.82 Å². The lowest BCUT2D eigenvalue weighted by Crippen LogP contribution is -2.24. The third-order valence-corrected chi connectivity index (χ3v) is 5.67. The van der Waals surface area contributed by atoms with Crippen LogP contribution in [0.3, 0.4) is 0 Å². The fraction of sp³-hybridized carbons (Fsp3) is 0.235. The summed E-state index contributed by atoms with van der Waals surface area (Å²) in [5, 5.41) is 6.87. The Hall–Kier alpha value is -2.78. The van der Waals surface area contributed by atoms with Crippen LogP contribution in [-0.4, -0.2) is 47.3 Å². The average molecular weight is 373 g/mol. The van der Waals surface area contributed by atoms with Crippen LogP contribution in [-0.2, 0) is 20.6 Å². The Labute approximate surface area is 151 Å². The molecule has 0 aliphatic carbocycles. The summed E-state index contributed by atoms with van der Waals surface area (Å²) in [5.74, 6) is 0.0834. The van der Waals surface area contributed by atoms with Crippen LogP contribution in [0.2, 0.25) is 0 Å². The van der Waals surface area contributed by atoms with Gasteiger partial charge in [-0.25, -0.2) is 22.2 Å². The first-order valence-corrected chi connectivity index (χ1v) is 9.48. The fourth-order valence-electron chi connectivity index (χ4n) is 2.56. The summed E-state index contributed by atoms with van der Waals surface area (Å²) in [4.78, 5) is 15.3. The molecule has 0 aliphatic heterocycles. The van der Waals surface area contributed by atoms with Gasteiger partial charge in [0.05, 0.1) is 11.3 Å². The molecule has 0 fully saturated rings. The summed E-state index contributed by atoms with van der Waals surface area (Å²) in [5.41, 5.74) is 2.95. The molecule has 3 heterocycles. The number of hydrogen-bond acceptors (Lipinski definition) is 5. The van der Waals surface area contributed by atoms with E-state index in [4.69, 9.17) is 0 Å². The van der Waals surface area contributed by atoms with E-state index < -0.39 is 10.0 Å². The second kappa shape index (κ2) is 6.85. The smallest absolute Gasteiger partial charge is 0.222 e. The summed E-state index contributed by atoms with van der Waals surface area (Å²) >= 11 is 0. The highest BCUT2D eigenvalue weighted by Gasteiger charge is 2.18. The zero-order valence-corrected chi connectivity index (χ0v) is 15.5. The number of hydrogen-bond donors (Lipinski definition) is 1. The Morgan fingerprint density at radius 1 is 1.19 bits per heavy atom. The molecule has 0 saturated heterocycles. The van der Waals surface area contributed by atoms with Crippen molar-refractivity contribution in [2.24, 2.45) is 0 Å². The van der Waals surface area contributed by atoms with Crippen molar-refractivity contribution in [2.75, 3.05) is 19.4 Å². The van der Waals surface area contributed by atoms with Crippen LogP contribution in [0.5, 0.6) is 0 Å². The van der Waals surface area contributed by atoms with E-state index in [0.29, 0.717) is 11.4 Å². The SMILES string of the molecule is CC(=O)Nc1cc(-c2cc(CS(=O)(=O)N(C)C)c3ccnn3c2)ccn1. The second-order valence-corrected chi connectivity index (χ2v) is 8.25. The van der Waals surface area contributed by atoms with E-state index >= 15 is 0 Å². The van der Waals surface area contributed by atoms with Crippen molar-refractivity contribution in [1.82, 2.24) is 18.9 Å². The Balaban J connectivity index is 2.09. The number of aromatic nitrogens is 3. The van der Waals surface area contributed by atoms with Gasteiger partial charge in [-0.1, -0.05) is 0 Å². The van der Waals surface area contributed by atoms with Gasteiger partial charge in [-0.2, -0.15) is 5.10 Å². The van der Waals surface area contributed by atoms with E-state index in [2.05, 4.69) is 15.4 Å². The molecular formula is C17H19N5O3S. The molecule has 0 aromatic carbocycles. The normalized spacial score (nSPS) is 11.8. The van der Waals surface area contributed by atoms with Crippen LogP contribution in [0.4, 0.5) is 5.82 Å². The maximum absolute atomic E-state index is 12.3. The number of nitrogens with one attached hydrogen (secondary N) is 1. The van der Waals surface area contributed by atoms with Gasteiger partial charge in [-0.05, 0) is 35.4 Å². The lowest BCUT2D eigenvalue weighted by molar-refractivity contribution is -0.114. The van der Waals surface area contributed by atoms with Gasteiger partial charge in [0.15, 0.2) is 0 Å². The highest BCUT2D eigenvalue weighted by Crippen LogP contribution is 2.26. The first kappa shape index (κ1) is 18.0. The molecule has 136 valence electrons. The molecule has 8 nitrogen and oxygen atoms in total. The predicted octanol–water partition coefficient (Wildman–Crippen LogP) is 1.75. The third kappa shape index (κ3) is 3.73.